The van der Waals surface area contributed by atoms with E-state index in [-0.39, 0.29) is 18.3 Å². The smallest absolute Gasteiger partial charge is 0.274 e. The minimum Gasteiger partial charge on any atom is -0.335 e. The Hall–Kier alpha value is -1.11. The molecule has 0 radical (unpaired) electrons. The van der Waals surface area contributed by atoms with E-state index in [2.05, 4.69) is 27.3 Å². The monoisotopic (exact) mass is 367 g/mol. The lowest BCUT2D eigenvalue weighted by molar-refractivity contribution is 0.0496. The highest BCUT2D eigenvalue weighted by Crippen LogP contribution is 2.28. The van der Waals surface area contributed by atoms with Gasteiger partial charge >= 0.3 is 0 Å². The van der Waals surface area contributed by atoms with Gasteiger partial charge in [-0.05, 0) is 31.6 Å². The second-order valence-electron chi connectivity index (χ2n) is 7.70. The number of halogens is 1. The van der Waals surface area contributed by atoms with Gasteiger partial charge < -0.3 is 10.2 Å². The summed E-state index contributed by atoms with van der Waals surface area (Å²) in [7, 11) is 0. The summed E-state index contributed by atoms with van der Waals surface area (Å²) in [6, 6.07) is 0.737. The van der Waals surface area contributed by atoms with Gasteiger partial charge in [-0.2, -0.15) is 5.10 Å². The van der Waals surface area contributed by atoms with Gasteiger partial charge in [0.2, 0.25) is 0 Å². The van der Waals surface area contributed by atoms with E-state index in [9.17, 15) is 4.79 Å². The molecule has 25 heavy (non-hydrogen) atoms. The summed E-state index contributed by atoms with van der Waals surface area (Å²) in [4.78, 5) is 17.5. The van der Waals surface area contributed by atoms with Crippen LogP contribution in [0.25, 0.3) is 0 Å². The van der Waals surface area contributed by atoms with E-state index in [4.69, 9.17) is 0 Å². The highest BCUT2D eigenvalue weighted by molar-refractivity contribution is 5.94. The summed E-state index contributed by atoms with van der Waals surface area (Å²) in [6.07, 6.45) is 6.30. The summed E-state index contributed by atoms with van der Waals surface area (Å²) in [6.45, 7) is 7.77. The van der Waals surface area contributed by atoms with E-state index in [0.29, 0.717) is 5.69 Å². The van der Waals surface area contributed by atoms with E-state index in [0.717, 1.165) is 68.9 Å². The quantitative estimate of drug-likeness (QED) is 0.836. The number of fused-ring (bicyclic) bond motifs is 1. The van der Waals surface area contributed by atoms with E-state index in [1.807, 2.05) is 4.90 Å². The van der Waals surface area contributed by atoms with Crippen molar-refractivity contribution in [3.8, 4) is 0 Å². The average Bonchev–Trinajstić information content (AvgIpc) is 3.06. The van der Waals surface area contributed by atoms with Gasteiger partial charge in [0.25, 0.3) is 5.91 Å². The normalized spacial score (nSPS) is 27.5. The van der Waals surface area contributed by atoms with Crippen LogP contribution < -0.4 is 5.32 Å². The zero-order valence-corrected chi connectivity index (χ0v) is 15.9. The van der Waals surface area contributed by atoms with Crippen LogP contribution in [0.3, 0.4) is 0 Å². The number of piperazine rings is 1. The summed E-state index contributed by atoms with van der Waals surface area (Å²) < 4.78 is 0. The lowest BCUT2D eigenvalue weighted by Crippen LogP contribution is -2.52. The van der Waals surface area contributed by atoms with E-state index in [1.165, 1.54) is 25.7 Å². The van der Waals surface area contributed by atoms with Crippen LogP contribution in [0.4, 0.5) is 0 Å². The fourth-order valence-corrected chi connectivity index (χ4v) is 4.45. The molecule has 3 heterocycles. The van der Waals surface area contributed by atoms with E-state index >= 15 is 0 Å². The minimum atomic E-state index is 0. The molecule has 3 aliphatic rings. The molecular formula is C18H30ClN5O. The molecule has 0 bridgehead atoms. The number of nitrogens with one attached hydrogen (secondary N) is 2. The maximum Gasteiger partial charge on any atom is 0.274 e. The minimum absolute atomic E-state index is 0. The van der Waals surface area contributed by atoms with E-state index in [1.54, 1.807) is 0 Å². The van der Waals surface area contributed by atoms with Crippen LogP contribution in [0.5, 0.6) is 0 Å². The molecule has 1 aromatic rings. The van der Waals surface area contributed by atoms with E-state index < -0.39 is 0 Å². The van der Waals surface area contributed by atoms with Crippen LogP contribution >= 0.6 is 12.4 Å². The summed E-state index contributed by atoms with van der Waals surface area (Å²) >= 11 is 0. The zero-order valence-electron chi connectivity index (χ0n) is 15.1. The molecule has 0 spiro atoms. The third-order valence-corrected chi connectivity index (χ3v) is 6.11. The fourth-order valence-electron chi connectivity index (χ4n) is 4.45. The van der Waals surface area contributed by atoms with Gasteiger partial charge in [0.15, 0.2) is 5.69 Å². The van der Waals surface area contributed by atoms with Crippen molar-refractivity contribution in [2.24, 2.45) is 5.92 Å². The van der Waals surface area contributed by atoms with Gasteiger partial charge in [0, 0.05) is 63.0 Å². The average molecular weight is 368 g/mol. The number of carbonyl (C=O) groups excluding carboxylic acids is 1. The van der Waals surface area contributed by atoms with Crippen molar-refractivity contribution in [3.63, 3.8) is 0 Å². The topological polar surface area (TPSA) is 64.3 Å². The van der Waals surface area contributed by atoms with Crippen LogP contribution in [0.1, 0.15) is 54.4 Å². The van der Waals surface area contributed by atoms with Gasteiger partial charge in [-0.15, -0.1) is 12.4 Å². The first-order chi connectivity index (χ1) is 11.7. The molecule has 1 aliphatic carbocycles. The molecule has 0 atom stereocenters. The van der Waals surface area contributed by atoms with Crippen molar-refractivity contribution in [1.82, 2.24) is 25.3 Å². The molecule has 2 N–H and O–H groups in total. The number of aromatic nitrogens is 2. The molecule has 0 aromatic carbocycles. The first-order valence-electron chi connectivity index (χ1n) is 9.52. The SMILES string of the molecule is CC1CCC(N2CCN(C(=O)c3n[nH]c4c3CNCC4)CC2)CC1.Cl. The Morgan fingerprint density at radius 1 is 1.12 bits per heavy atom. The molecule has 2 aliphatic heterocycles. The lowest BCUT2D eigenvalue weighted by Gasteiger charge is -2.41. The van der Waals surface area contributed by atoms with Crippen molar-refractivity contribution in [1.29, 1.82) is 0 Å². The number of hydrogen-bond donors (Lipinski definition) is 2. The molecule has 1 aromatic heterocycles. The molecule has 7 heteroatoms. The molecule has 140 valence electrons. The number of amides is 1. The highest BCUT2D eigenvalue weighted by Gasteiger charge is 2.31. The molecule has 2 fully saturated rings. The van der Waals surface area contributed by atoms with Crippen molar-refractivity contribution >= 4 is 18.3 Å². The standard InChI is InChI=1S/C18H29N5O.ClH/c1-13-2-4-14(5-3-13)22-8-10-23(11-9-22)18(24)17-15-12-19-7-6-16(15)20-21-17;/h13-14,19H,2-12H2,1H3,(H,20,21);1H. The van der Waals surface area contributed by atoms with Gasteiger partial charge in [-0.3, -0.25) is 14.8 Å². The van der Waals surface area contributed by atoms with Gasteiger partial charge in [0.1, 0.15) is 0 Å². The Bertz CT molecular complexity index is 588. The van der Waals surface area contributed by atoms with Crippen LogP contribution in [0, 0.1) is 5.92 Å². The largest absolute Gasteiger partial charge is 0.335 e. The van der Waals surface area contributed by atoms with Crippen molar-refractivity contribution in [2.45, 2.75) is 51.6 Å². The van der Waals surface area contributed by atoms with Gasteiger partial charge in [-0.1, -0.05) is 6.92 Å². The molecule has 4 rings (SSSR count). The zero-order chi connectivity index (χ0) is 16.5. The molecule has 0 unspecified atom stereocenters. The Morgan fingerprint density at radius 3 is 2.56 bits per heavy atom. The Morgan fingerprint density at radius 2 is 1.84 bits per heavy atom. The summed E-state index contributed by atoms with van der Waals surface area (Å²) in [5.41, 5.74) is 2.85. The number of H-pyrrole nitrogens is 1. The first kappa shape index (κ1) is 18.7. The Labute approximate surface area is 156 Å². The first-order valence-corrected chi connectivity index (χ1v) is 9.52. The van der Waals surface area contributed by atoms with Crippen LogP contribution in [-0.4, -0.2) is 64.7 Å². The fraction of sp³-hybridized carbons (Fsp3) is 0.778. The third kappa shape index (κ3) is 3.86. The van der Waals surface area contributed by atoms with Crippen LogP contribution in [-0.2, 0) is 13.0 Å². The molecule has 1 amide bonds. The highest BCUT2D eigenvalue weighted by atomic mass is 35.5. The molecule has 1 saturated carbocycles. The second-order valence-corrected chi connectivity index (χ2v) is 7.70. The number of hydrogen-bond acceptors (Lipinski definition) is 4. The Kier molecular flexibility index (Phi) is 6.02. The predicted octanol–water partition coefficient (Wildman–Crippen LogP) is 1.81. The predicted molar refractivity (Wildman–Crippen MR) is 100 cm³/mol. The van der Waals surface area contributed by atoms with Crippen LogP contribution in [0.2, 0.25) is 0 Å². The summed E-state index contributed by atoms with van der Waals surface area (Å²) in [5, 5.41) is 10.7. The van der Waals surface area contributed by atoms with Crippen LogP contribution in [0.15, 0.2) is 0 Å². The van der Waals surface area contributed by atoms with Crippen molar-refractivity contribution in [3.05, 3.63) is 17.0 Å². The van der Waals surface area contributed by atoms with Crippen molar-refractivity contribution < 1.29 is 4.79 Å². The number of carbonyl (C=O) groups is 1. The summed E-state index contributed by atoms with van der Waals surface area (Å²) in [5.74, 6) is 0.997. The number of rotatable bonds is 2. The lowest BCUT2D eigenvalue weighted by atomic mass is 9.86. The number of aromatic amines is 1. The molecule has 1 saturated heterocycles. The molecule has 6 nitrogen and oxygen atoms in total. The van der Waals surface area contributed by atoms with Gasteiger partial charge in [-0.25, -0.2) is 0 Å². The molecular weight excluding hydrogens is 338 g/mol. The second kappa shape index (κ2) is 8.06. The Balaban J connectivity index is 0.00000182. The number of nitrogens with zero attached hydrogens (tertiary/aromatic N) is 3. The third-order valence-electron chi connectivity index (χ3n) is 6.11. The maximum atomic E-state index is 12.9. The van der Waals surface area contributed by atoms with Gasteiger partial charge in [0.05, 0.1) is 0 Å². The maximum absolute atomic E-state index is 12.9. The van der Waals surface area contributed by atoms with Crippen molar-refractivity contribution in [2.75, 3.05) is 32.7 Å².